The predicted octanol–water partition coefficient (Wildman–Crippen LogP) is 15.7. The number of amides is 2. The maximum absolute atomic E-state index is 14.1. The molecule has 2 amide bonds. The molecule has 35 heteroatoms. The molecule has 4 saturated heterocycles. The van der Waals surface area contributed by atoms with Gasteiger partial charge in [-0.1, -0.05) is 92.7 Å². The van der Waals surface area contributed by atoms with Crippen LogP contribution in [-0.4, -0.2) is 233 Å². The number of ether oxygens (including phenoxy) is 6. The Labute approximate surface area is 759 Å². The Morgan fingerprint density at radius 1 is 0.512 bits per heavy atom. The maximum Gasteiger partial charge on any atom is 0.316 e. The number of nitrogens with zero attached hydrogens (tertiary/aromatic N) is 11. The highest BCUT2D eigenvalue weighted by molar-refractivity contribution is 7.90. The van der Waals surface area contributed by atoms with Crippen molar-refractivity contribution in [2.24, 2.45) is 10.8 Å². The van der Waals surface area contributed by atoms with Gasteiger partial charge in [0.15, 0.2) is 11.5 Å². The highest BCUT2D eigenvalue weighted by atomic mass is 35.5. The molecule has 10 aromatic rings. The van der Waals surface area contributed by atoms with E-state index >= 15 is 0 Å². The van der Waals surface area contributed by atoms with Gasteiger partial charge in [0.2, 0.25) is 11.5 Å². The molecule has 6 aromatic carbocycles. The van der Waals surface area contributed by atoms with Gasteiger partial charge in [0.25, 0.3) is 31.9 Å². The van der Waals surface area contributed by atoms with Crippen molar-refractivity contribution in [1.29, 1.82) is 0 Å². The minimum absolute atomic E-state index is 0.0605. The number of hydrogen-bond donors (Lipinski definition) is 4. The van der Waals surface area contributed by atoms with Gasteiger partial charge in [0, 0.05) is 186 Å². The Balaban J connectivity index is 0.000000181. The molecule has 0 unspecified atom stereocenters. The zero-order valence-electron chi connectivity index (χ0n) is 72.7. The lowest BCUT2D eigenvalue weighted by Crippen LogP contribution is -2.49. The molecule has 0 spiro atoms. The number of halogens is 2. The number of H-pyrrole nitrogens is 2. The molecule has 4 fully saturated rings. The third kappa shape index (κ3) is 21.2. The van der Waals surface area contributed by atoms with Crippen LogP contribution in [0.2, 0.25) is 10.0 Å². The van der Waals surface area contributed by atoms with Crippen LogP contribution < -0.4 is 47.7 Å². The fourth-order valence-electron chi connectivity index (χ4n) is 18.3. The van der Waals surface area contributed by atoms with E-state index in [0.29, 0.717) is 62.1 Å². The summed E-state index contributed by atoms with van der Waals surface area (Å²) in [5, 5.41) is 27.6. The van der Waals surface area contributed by atoms with E-state index in [2.05, 4.69) is 123 Å². The van der Waals surface area contributed by atoms with Gasteiger partial charge >= 0.3 is 11.4 Å². The standard InChI is InChI=1S/C47H53ClN8O8S.C47H52ClN7O8S/c1-47(2)12-10-33(40(26-47)31-4-6-34(48)7-5-31)28-53-18-20-55(21-19-53)35-8-9-39(42(23-35)63-36-22-32-11-13-49-45(32)50-27-36)46(57)51-65(60,61)38-24-41(56(58)59)44-43(25-38)62-30-37(64-44)29-54-16-14-52(3)15-17-54;1-47(2)14-12-33(40(26-47)31-6-8-34(48)9-7-31)28-53-18-20-54(21-19-53)35-10-11-39(42(23-35)62-36-22-32-13-15-49-45(32)50-27-36)46(56)51-64(59,60)38-24-41(55(57)58)44-43(25-38)61-30-37(63-44)29-52-16-4-3-5-17-52/h4-9,11,13,22-25,27,37H,10,12,14-21,26,28-30H2,1-3H3,(H,49,50)(H,51,57);6-11,13,15,22-25,27,37H,3-5,12,14,16-21,26,28-30H2,1-2H3,(H,49,50)(H,51,56)/t2*37-/m00/s1. The van der Waals surface area contributed by atoms with E-state index in [1.54, 1.807) is 48.8 Å². The summed E-state index contributed by atoms with van der Waals surface area (Å²) in [4.78, 5) is 81.3. The van der Waals surface area contributed by atoms with Crippen molar-refractivity contribution in [3.63, 3.8) is 0 Å². The molecule has 18 rings (SSSR count). The molecule has 10 heterocycles. The molecular formula is C94H105Cl2N15O16S2. The van der Waals surface area contributed by atoms with Crippen LogP contribution in [0.1, 0.15) is 117 Å². The second-order valence-electron chi connectivity index (χ2n) is 36.1. The van der Waals surface area contributed by atoms with E-state index in [9.17, 15) is 46.7 Å². The summed E-state index contributed by atoms with van der Waals surface area (Å²) in [5.41, 5.74) is 10.2. The van der Waals surface area contributed by atoms with E-state index in [1.807, 2.05) is 36.4 Å². The Morgan fingerprint density at radius 3 is 1.33 bits per heavy atom. The number of nitro groups is 2. The molecule has 0 radical (unpaired) electrons. The molecule has 129 heavy (non-hydrogen) atoms. The fourth-order valence-corrected chi connectivity index (χ4v) is 20.5. The van der Waals surface area contributed by atoms with Gasteiger partial charge in [0.05, 0.1) is 43.2 Å². The molecule has 31 nitrogen and oxygen atoms in total. The number of aromatic nitrogens is 4. The summed E-state index contributed by atoms with van der Waals surface area (Å²) in [5.74, 6) is -1.54. The quantitative estimate of drug-likeness (QED) is 0.0322. The monoisotopic (exact) mass is 1830 g/mol. The Kier molecular flexibility index (Phi) is 26.4. The summed E-state index contributed by atoms with van der Waals surface area (Å²) in [6.45, 7) is 23.6. The predicted molar refractivity (Wildman–Crippen MR) is 494 cm³/mol. The number of sulfonamides is 2. The van der Waals surface area contributed by atoms with Crippen LogP contribution in [0.5, 0.6) is 46.0 Å². The van der Waals surface area contributed by atoms with Crippen LogP contribution in [0.15, 0.2) is 179 Å². The first-order valence-corrected chi connectivity index (χ1v) is 47.6. The van der Waals surface area contributed by atoms with Gasteiger partial charge in [-0.2, -0.15) is 0 Å². The number of carbonyl (C=O) groups is 2. The van der Waals surface area contributed by atoms with Crippen LogP contribution in [0.4, 0.5) is 22.7 Å². The second-order valence-corrected chi connectivity index (χ2v) is 40.4. The summed E-state index contributed by atoms with van der Waals surface area (Å²) in [6.07, 6.45) is 15.2. The van der Waals surface area contributed by atoms with E-state index in [-0.39, 0.29) is 69.7 Å². The number of nitro benzene ring substituents is 2. The highest BCUT2D eigenvalue weighted by Gasteiger charge is 2.39. The number of fused-ring (bicyclic) bond motifs is 4. The lowest BCUT2D eigenvalue weighted by Gasteiger charge is -2.39. The molecule has 0 bridgehead atoms. The molecule has 4 N–H and O–H groups in total. The Bertz CT molecular complexity index is 6200. The third-order valence-electron chi connectivity index (χ3n) is 25.6. The van der Waals surface area contributed by atoms with E-state index in [0.717, 1.165) is 193 Å². The van der Waals surface area contributed by atoms with Crippen LogP contribution in [0.3, 0.4) is 0 Å². The molecular weight excluding hydrogens is 1730 g/mol. The number of likely N-dealkylation sites (N-methyl/N-ethyl adjacent to an activating group) is 1. The van der Waals surface area contributed by atoms with Crippen molar-refractivity contribution in [3.8, 4) is 46.0 Å². The molecule has 2 atom stereocenters. The summed E-state index contributed by atoms with van der Waals surface area (Å²) in [7, 11) is -7.30. The average Bonchev–Trinajstić information content (AvgIpc) is 1.42. The number of piperazine rings is 3. The smallest absolute Gasteiger partial charge is 0.316 e. The number of benzene rings is 6. The van der Waals surface area contributed by atoms with Crippen LogP contribution >= 0.6 is 23.2 Å². The number of allylic oxidation sites excluding steroid dienone is 2. The zero-order chi connectivity index (χ0) is 90.0. The Hall–Kier alpha value is -11.4. The van der Waals surface area contributed by atoms with Gasteiger partial charge in [-0.05, 0) is 177 Å². The number of hydrogen-bond acceptors (Lipinski definition) is 25. The molecule has 8 aliphatic rings. The number of pyridine rings is 2. The van der Waals surface area contributed by atoms with Crippen molar-refractivity contribution in [1.82, 2.24) is 53.9 Å². The minimum atomic E-state index is -4.68. The molecule has 4 aromatic heterocycles. The molecule has 0 saturated carbocycles. The van der Waals surface area contributed by atoms with Gasteiger partial charge < -0.3 is 53.1 Å². The van der Waals surface area contributed by atoms with E-state index in [4.69, 9.17) is 51.6 Å². The SMILES string of the molecule is CC1(C)CCC(CN2CCN(c3ccc(C(=O)NS(=O)(=O)c4cc5c(c([N+](=O)[O-])c4)O[C@@H](CN4CCCCC4)CO5)c(Oc4cnc5[nH]ccc5c4)c3)CC2)=C(c2ccc(Cl)cc2)C1.CN1CCN(C[C@H]2COc3cc(S(=O)(=O)NC(=O)c4ccc(N5CCN(CC6=C(c7ccc(Cl)cc7)CC(C)(C)CC6)CC5)cc4Oc4cnc5[nH]ccc5c4)cc([N+](=O)[O-])c3O2)CC1. The van der Waals surface area contributed by atoms with Crippen molar-refractivity contribution in [2.45, 2.75) is 107 Å². The van der Waals surface area contributed by atoms with Crippen molar-refractivity contribution < 1.29 is 64.7 Å². The topological polar surface area (TPSA) is 348 Å². The number of rotatable bonds is 24. The van der Waals surface area contributed by atoms with Crippen molar-refractivity contribution in [3.05, 3.63) is 222 Å². The van der Waals surface area contributed by atoms with Gasteiger partial charge in [-0.15, -0.1) is 0 Å². The first-order valence-electron chi connectivity index (χ1n) is 43.8. The fraction of sp³-hybridized carbons (Fsp3) is 0.404. The number of nitrogens with one attached hydrogen (secondary N) is 4. The largest absolute Gasteiger partial charge is 0.485 e. The van der Waals surface area contributed by atoms with Gasteiger partial charge in [-0.3, -0.25) is 49.4 Å². The average molecular weight is 1840 g/mol. The van der Waals surface area contributed by atoms with Gasteiger partial charge in [0.1, 0.15) is 59.7 Å². The lowest BCUT2D eigenvalue weighted by atomic mass is 9.72. The number of carbonyl (C=O) groups excluding carboxylic acids is 2. The summed E-state index contributed by atoms with van der Waals surface area (Å²) < 4.78 is 96.4. The lowest BCUT2D eigenvalue weighted by molar-refractivity contribution is -0.386. The van der Waals surface area contributed by atoms with Crippen LogP contribution in [-0.2, 0) is 20.0 Å². The molecule has 2 aliphatic carbocycles. The number of anilines is 2. The van der Waals surface area contributed by atoms with Crippen LogP contribution in [0.25, 0.3) is 33.2 Å². The molecule has 678 valence electrons. The van der Waals surface area contributed by atoms with Crippen molar-refractivity contribution >= 4 is 111 Å². The first-order chi connectivity index (χ1) is 61.9. The normalized spacial score (nSPS) is 19.5. The van der Waals surface area contributed by atoms with Gasteiger partial charge in [-0.25, -0.2) is 36.2 Å². The van der Waals surface area contributed by atoms with Crippen LogP contribution in [0, 0.1) is 31.1 Å². The van der Waals surface area contributed by atoms with E-state index in [1.165, 1.54) is 57.9 Å². The van der Waals surface area contributed by atoms with Crippen molar-refractivity contribution in [2.75, 3.05) is 148 Å². The zero-order valence-corrected chi connectivity index (χ0v) is 75.8. The first kappa shape index (κ1) is 89.6. The maximum atomic E-state index is 14.1. The molecule has 6 aliphatic heterocycles. The number of piperidine rings is 1. The minimum Gasteiger partial charge on any atom is -0.485 e. The third-order valence-corrected chi connectivity index (χ3v) is 28.7. The summed E-state index contributed by atoms with van der Waals surface area (Å²) >= 11 is 12.5. The Morgan fingerprint density at radius 2 is 0.915 bits per heavy atom. The number of likely N-dealkylation sites (tertiary alicyclic amines) is 1. The number of aromatic amines is 2. The second kappa shape index (κ2) is 38.0. The highest BCUT2D eigenvalue weighted by Crippen LogP contribution is 2.49. The van der Waals surface area contributed by atoms with E-state index < -0.39 is 75.1 Å². The summed E-state index contributed by atoms with van der Waals surface area (Å²) in [6, 6.07) is 37.7.